The molecule has 1 aliphatic heterocycles. The first-order chi connectivity index (χ1) is 11.4. The number of nitrogens with zero attached hydrogens (tertiary/aromatic N) is 2. The number of aryl methyl sites for hydroxylation is 1. The number of hydrogen-bond acceptors (Lipinski definition) is 3. The van der Waals surface area contributed by atoms with E-state index in [0.717, 1.165) is 43.9 Å². The van der Waals surface area contributed by atoms with Crippen molar-refractivity contribution in [3.63, 3.8) is 0 Å². The summed E-state index contributed by atoms with van der Waals surface area (Å²) in [6.45, 7) is 9.59. The number of piperazine rings is 1. The third-order valence-corrected chi connectivity index (χ3v) is 4.49. The zero-order valence-electron chi connectivity index (χ0n) is 14.9. The van der Waals surface area contributed by atoms with Crippen LogP contribution in [0.3, 0.4) is 0 Å². The highest BCUT2D eigenvalue weighted by Crippen LogP contribution is 2.10. The van der Waals surface area contributed by atoms with E-state index in [1.165, 1.54) is 12.1 Å². The Kier molecular flexibility index (Phi) is 6.99. The van der Waals surface area contributed by atoms with Crippen LogP contribution >= 0.6 is 0 Å². The first-order valence-electron chi connectivity index (χ1n) is 8.64. The number of benzene rings is 1. The van der Waals surface area contributed by atoms with E-state index in [0.29, 0.717) is 13.0 Å². The molecule has 24 heavy (non-hydrogen) atoms. The summed E-state index contributed by atoms with van der Waals surface area (Å²) in [7, 11) is 2.13. The number of likely N-dealkylation sites (N-methyl/N-ethyl adjacent to an activating group) is 1. The van der Waals surface area contributed by atoms with Crippen molar-refractivity contribution < 1.29 is 9.18 Å². The van der Waals surface area contributed by atoms with Gasteiger partial charge in [0.2, 0.25) is 0 Å². The molecule has 134 valence electrons. The fraction of sp³-hybridized carbons (Fsp3) is 0.611. The molecule has 0 aromatic heterocycles. The van der Waals surface area contributed by atoms with Gasteiger partial charge in [0.15, 0.2) is 0 Å². The molecule has 5 nitrogen and oxygen atoms in total. The fourth-order valence-electron chi connectivity index (χ4n) is 2.99. The molecule has 2 N–H and O–H groups in total. The summed E-state index contributed by atoms with van der Waals surface area (Å²) in [4.78, 5) is 16.7. The Balaban J connectivity index is 1.65. The largest absolute Gasteiger partial charge is 0.338 e. The number of amides is 2. The molecule has 0 saturated carbocycles. The summed E-state index contributed by atoms with van der Waals surface area (Å²) in [5.74, 6) is -0.223. The van der Waals surface area contributed by atoms with E-state index in [4.69, 9.17) is 0 Å². The van der Waals surface area contributed by atoms with Crippen LogP contribution in [0.2, 0.25) is 0 Å². The van der Waals surface area contributed by atoms with Gasteiger partial charge in [-0.25, -0.2) is 9.18 Å². The molecule has 6 heteroatoms. The number of halogens is 1. The van der Waals surface area contributed by atoms with E-state index in [1.807, 2.05) is 13.8 Å². The van der Waals surface area contributed by atoms with E-state index in [9.17, 15) is 9.18 Å². The Labute approximate surface area is 144 Å². The topological polar surface area (TPSA) is 47.6 Å². The van der Waals surface area contributed by atoms with Gasteiger partial charge in [-0.2, -0.15) is 0 Å². The van der Waals surface area contributed by atoms with Gasteiger partial charge >= 0.3 is 6.03 Å². The van der Waals surface area contributed by atoms with Crippen molar-refractivity contribution >= 4 is 6.03 Å². The second-order valence-corrected chi connectivity index (χ2v) is 6.73. The zero-order chi connectivity index (χ0) is 17.5. The minimum Gasteiger partial charge on any atom is -0.338 e. The van der Waals surface area contributed by atoms with Gasteiger partial charge in [-0.05, 0) is 50.6 Å². The molecule has 1 aliphatic rings. The van der Waals surface area contributed by atoms with Crippen LogP contribution in [0.15, 0.2) is 18.2 Å². The molecule has 1 fully saturated rings. The minimum atomic E-state index is -0.223. The van der Waals surface area contributed by atoms with Gasteiger partial charge in [0.25, 0.3) is 0 Å². The molecule has 1 atom stereocenters. The Morgan fingerprint density at radius 3 is 2.67 bits per heavy atom. The molecule has 1 aromatic rings. The van der Waals surface area contributed by atoms with Crippen LogP contribution in [-0.4, -0.2) is 68.2 Å². The maximum absolute atomic E-state index is 13.1. The molecule has 1 aromatic carbocycles. The van der Waals surface area contributed by atoms with Crippen molar-refractivity contribution in [3.8, 4) is 0 Å². The van der Waals surface area contributed by atoms with Crippen LogP contribution in [0.25, 0.3) is 0 Å². The minimum absolute atomic E-state index is 0.112. The second-order valence-electron chi connectivity index (χ2n) is 6.73. The third-order valence-electron chi connectivity index (χ3n) is 4.49. The van der Waals surface area contributed by atoms with Gasteiger partial charge in [-0.15, -0.1) is 0 Å². The van der Waals surface area contributed by atoms with E-state index >= 15 is 0 Å². The number of rotatable bonds is 6. The van der Waals surface area contributed by atoms with Crippen molar-refractivity contribution in [3.05, 3.63) is 35.1 Å². The first-order valence-corrected chi connectivity index (χ1v) is 8.64. The van der Waals surface area contributed by atoms with Gasteiger partial charge in [0.1, 0.15) is 5.82 Å². The Morgan fingerprint density at radius 1 is 1.29 bits per heavy atom. The molecular formula is C18H29FN4O. The number of hydrogen-bond donors (Lipinski definition) is 2. The Morgan fingerprint density at radius 2 is 2.00 bits per heavy atom. The lowest BCUT2D eigenvalue weighted by atomic mass is 10.1. The molecule has 0 unspecified atom stereocenters. The second kappa shape index (κ2) is 8.99. The quantitative estimate of drug-likeness (QED) is 0.830. The highest BCUT2D eigenvalue weighted by atomic mass is 19.1. The van der Waals surface area contributed by atoms with Crippen molar-refractivity contribution in [1.29, 1.82) is 0 Å². The summed E-state index contributed by atoms with van der Waals surface area (Å²) < 4.78 is 13.1. The maximum atomic E-state index is 13.1. The summed E-state index contributed by atoms with van der Waals surface area (Å²) in [6, 6.07) is 4.73. The van der Waals surface area contributed by atoms with Gasteiger partial charge in [-0.3, -0.25) is 4.90 Å². The molecule has 0 aliphatic carbocycles. The molecular weight excluding hydrogens is 307 g/mol. The lowest BCUT2D eigenvalue weighted by Gasteiger charge is -2.34. The average Bonchev–Trinajstić information content (AvgIpc) is 2.51. The van der Waals surface area contributed by atoms with Crippen LogP contribution < -0.4 is 10.6 Å². The molecule has 0 bridgehead atoms. The standard InChI is InChI=1S/C18H29FN4O/c1-14-12-17(19)5-4-16(14)6-7-20-18(24)21-15(2)13-23-10-8-22(3)9-11-23/h4-5,12,15H,6-11,13H2,1-3H3,(H2,20,21,24)/t15-/m1/s1. The summed E-state index contributed by atoms with van der Waals surface area (Å²) in [6.07, 6.45) is 0.701. The van der Waals surface area contributed by atoms with Crippen LogP contribution in [-0.2, 0) is 6.42 Å². The zero-order valence-corrected chi connectivity index (χ0v) is 14.9. The molecule has 0 spiro atoms. The smallest absolute Gasteiger partial charge is 0.315 e. The first kappa shape index (κ1) is 18.7. The SMILES string of the molecule is Cc1cc(F)ccc1CCNC(=O)N[C@H](C)CN1CCN(C)CC1. The average molecular weight is 336 g/mol. The highest BCUT2D eigenvalue weighted by molar-refractivity contribution is 5.74. The van der Waals surface area contributed by atoms with Crippen molar-refractivity contribution in [1.82, 2.24) is 20.4 Å². The molecule has 0 radical (unpaired) electrons. The van der Waals surface area contributed by atoms with Gasteiger partial charge in [0, 0.05) is 45.3 Å². The van der Waals surface area contributed by atoms with E-state index < -0.39 is 0 Å². The van der Waals surface area contributed by atoms with Crippen LogP contribution in [0, 0.1) is 12.7 Å². The Bertz CT molecular complexity index is 544. The lowest BCUT2D eigenvalue weighted by molar-refractivity contribution is 0.144. The number of urea groups is 1. The predicted octanol–water partition coefficient (Wildman–Crippen LogP) is 1.61. The van der Waals surface area contributed by atoms with Crippen LogP contribution in [0.5, 0.6) is 0 Å². The molecule has 1 saturated heterocycles. The number of nitrogens with one attached hydrogen (secondary N) is 2. The highest BCUT2D eigenvalue weighted by Gasteiger charge is 2.16. The maximum Gasteiger partial charge on any atom is 0.315 e. The lowest BCUT2D eigenvalue weighted by Crippen LogP contribution is -2.51. The van der Waals surface area contributed by atoms with Gasteiger partial charge < -0.3 is 15.5 Å². The molecule has 1 heterocycles. The number of carbonyl (C=O) groups excluding carboxylic acids is 1. The van der Waals surface area contributed by atoms with Gasteiger partial charge in [-0.1, -0.05) is 6.07 Å². The van der Waals surface area contributed by atoms with Crippen molar-refractivity contribution in [2.24, 2.45) is 0 Å². The monoisotopic (exact) mass is 336 g/mol. The van der Waals surface area contributed by atoms with E-state index in [2.05, 4.69) is 27.5 Å². The summed E-state index contributed by atoms with van der Waals surface area (Å²) in [5, 5.41) is 5.86. The predicted molar refractivity (Wildman–Crippen MR) is 94.8 cm³/mol. The fourth-order valence-corrected chi connectivity index (χ4v) is 2.99. The molecule has 2 rings (SSSR count). The van der Waals surface area contributed by atoms with Crippen molar-refractivity contribution in [2.45, 2.75) is 26.3 Å². The number of carbonyl (C=O) groups is 1. The molecule has 2 amide bonds. The third kappa shape index (κ3) is 6.09. The summed E-state index contributed by atoms with van der Waals surface area (Å²) >= 11 is 0. The van der Waals surface area contributed by atoms with E-state index in [-0.39, 0.29) is 17.9 Å². The summed E-state index contributed by atoms with van der Waals surface area (Å²) in [5.41, 5.74) is 1.97. The van der Waals surface area contributed by atoms with Gasteiger partial charge in [0.05, 0.1) is 0 Å². The van der Waals surface area contributed by atoms with Crippen LogP contribution in [0.1, 0.15) is 18.1 Å². The van der Waals surface area contributed by atoms with Crippen molar-refractivity contribution in [2.75, 3.05) is 46.3 Å². The van der Waals surface area contributed by atoms with E-state index in [1.54, 1.807) is 6.07 Å². The Hall–Kier alpha value is -1.66. The van der Waals surface area contributed by atoms with Crippen LogP contribution in [0.4, 0.5) is 9.18 Å². The normalized spacial score (nSPS) is 17.5.